The van der Waals surface area contributed by atoms with Crippen molar-refractivity contribution >= 4 is 17.4 Å². The lowest BCUT2D eigenvalue weighted by Crippen LogP contribution is -2.28. The first-order valence-corrected chi connectivity index (χ1v) is 9.18. The van der Waals surface area contributed by atoms with Crippen molar-refractivity contribution in [2.45, 2.75) is 19.3 Å². The molecule has 3 aromatic rings. The number of nitrogens with one attached hydrogen (secondary N) is 1. The number of ether oxygens (including phenoxy) is 1. The first-order valence-electron chi connectivity index (χ1n) is 8.80. The van der Waals surface area contributed by atoms with E-state index in [1.165, 1.54) is 12.3 Å². The highest BCUT2D eigenvalue weighted by Gasteiger charge is 2.14. The number of rotatable bonds is 6. The molecule has 1 unspecified atom stereocenters. The van der Waals surface area contributed by atoms with Crippen molar-refractivity contribution < 1.29 is 13.7 Å². The summed E-state index contributed by atoms with van der Waals surface area (Å²) < 4.78 is 24.9. The molecule has 0 saturated carbocycles. The molecule has 3 N–H and O–H groups in total. The van der Waals surface area contributed by atoms with Crippen molar-refractivity contribution in [2.75, 3.05) is 5.73 Å². The molecule has 4 rings (SSSR count). The van der Waals surface area contributed by atoms with Gasteiger partial charge < -0.3 is 20.3 Å². The van der Waals surface area contributed by atoms with Crippen molar-refractivity contribution in [2.24, 2.45) is 0 Å². The smallest absolute Gasteiger partial charge is 0.170 e. The van der Waals surface area contributed by atoms with Gasteiger partial charge in [-0.05, 0) is 29.8 Å². The maximum Gasteiger partial charge on any atom is 0.170 e. The van der Waals surface area contributed by atoms with Gasteiger partial charge in [-0.3, -0.25) is 0 Å². The molecule has 0 aromatic carbocycles. The summed E-state index contributed by atoms with van der Waals surface area (Å²) in [5.74, 6) is 0.389. The molecule has 29 heavy (non-hydrogen) atoms. The molecule has 1 aliphatic rings. The second-order valence-corrected chi connectivity index (χ2v) is 6.71. The van der Waals surface area contributed by atoms with Gasteiger partial charge in [0.05, 0.1) is 17.9 Å². The minimum Gasteiger partial charge on any atom is -0.383 e. The summed E-state index contributed by atoms with van der Waals surface area (Å²) in [7, 11) is 0. The Morgan fingerprint density at radius 2 is 2.17 bits per heavy atom. The molecule has 3 aromatic heterocycles. The molecule has 1 atom stereocenters. The molecule has 7 nitrogen and oxygen atoms in total. The van der Waals surface area contributed by atoms with Crippen LogP contribution in [0.25, 0.3) is 11.3 Å². The predicted octanol–water partition coefficient (Wildman–Crippen LogP) is 3.64. The van der Waals surface area contributed by atoms with Crippen LogP contribution in [0.1, 0.15) is 11.3 Å². The van der Waals surface area contributed by atoms with Gasteiger partial charge in [0.25, 0.3) is 0 Å². The average Bonchev–Trinajstić information content (AvgIpc) is 3.19. The fraction of sp³-hybridized carbons (Fsp3) is 0.150. The largest absolute Gasteiger partial charge is 0.383 e. The summed E-state index contributed by atoms with van der Waals surface area (Å²) in [6.07, 6.45) is 8.84. The third-order valence-corrected chi connectivity index (χ3v) is 4.57. The summed E-state index contributed by atoms with van der Waals surface area (Å²) in [5, 5.41) is 7.03. The van der Waals surface area contributed by atoms with E-state index >= 15 is 0 Å². The quantitative estimate of drug-likeness (QED) is 0.595. The van der Waals surface area contributed by atoms with E-state index in [-0.39, 0.29) is 18.0 Å². The van der Waals surface area contributed by atoms with Crippen molar-refractivity contribution in [3.05, 3.63) is 82.8 Å². The molecule has 0 radical (unpaired) electrons. The fourth-order valence-electron chi connectivity index (χ4n) is 2.82. The van der Waals surface area contributed by atoms with E-state index in [1.54, 1.807) is 12.3 Å². The zero-order valence-corrected chi connectivity index (χ0v) is 15.9. The Bertz CT molecular complexity index is 1080. The van der Waals surface area contributed by atoms with Gasteiger partial charge >= 0.3 is 0 Å². The van der Waals surface area contributed by atoms with Gasteiger partial charge in [0.15, 0.2) is 16.7 Å². The van der Waals surface area contributed by atoms with Crippen LogP contribution < -0.4 is 11.1 Å². The molecule has 0 spiro atoms. The van der Waals surface area contributed by atoms with E-state index in [4.69, 9.17) is 26.6 Å². The van der Waals surface area contributed by atoms with Crippen LogP contribution in [0.3, 0.4) is 0 Å². The zero-order valence-electron chi connectivity index (χ0n) is 15.2. The van der Waals surface area contributed by atoms with Gasteiger partial charge in [0, 0.05) is 36.6 Å². The Balaban J connectivity index is 1.33. The number of anilines is 1. The van der Waals surface area contributed by atoms with Crippen molar-refractivity contribution in [3.8, 4) is 11.3 Å². The minimum absolute atomic E-state index is 0.0679. The maximum atomic E-state index is 13.9. The summed E-state index contributed by atoms with van der Waals surface area (Å²) in [5.41, 5.74) is 8.67. The fourth-order valence-corrected chi connectivity index (χ4v) is 3.00. The van der Waals surface area contributed by atoms with Crippen LogP contribution in [0.5, 0.6) is 0 Å². The molecular weight excluding hydrogens is 397 g/mol. The van der Waals surface area contributed by atoms with E-state index in [0.29, 0.717) is 29.1 Å². The van der Waals surface area contributed by atoms with Crippen molar-refractivity contribution in [1.82, 2.24) is 20.4 Å². The summed E-state index contributed by atoms with van der Waals surface area (Å²) in [4.78, 5) is 7.73. The van der Waals surface area contributed by atoms with E-state index in [0.717, 1.165) is 11.3 Å². The third-order valence-electron chi connectivity index (χ3n) is 4.31. The zero-order chi connectivity index (χ0) is 20.2. The van der Waals surface area contributed by atoms with E-state index < -0.39 is 5.82 Å². The van der Waals surface area contributed by atoms with Crippen molar-refractivity contribution in [1.29, 1.82) is 0 Å². The van der Waals surface area contributed by atoms with E-state index in [1.807, 2.05) is 30.5 Å². The van der Waals surface area contributed by atoms with Crippen LogP contribution in [0, 0.1) is 5.82 Å². The normalized spacial score (nSPS) is 15.8. The van der Waals surface area contributed by atoms with Crippen LogP contribution in [-0.2, 0) is 17.8 Å². The topological polar surface area (TPSA) is 99.1 Å². The molecule has 1 aliphatic heterocycles. The number of hydrogen-bond donors (Lipinski definition) is 2. The number of nitrogen functional groups attached to an aromatic ring is 1. The Kier molecular flexibility index (Phi) is 5.55. The van der Waals surface area contributed by atoms with Crippen LogP contribution >= 0.6 is 11.6 Å². The van der Waals surface area contributed by atoms with Gasteiger partial charge in [-0.2, -0.15) is 0 Å². The van der Waals surface area contributed by atoms with Gasteiger partial charge in [0.2, 0.25) is 0 Å². The summed E-state index contributed by atoms with van der Waals surface area (Å²) in [6.45, 7) is 0.0679. The van der Waals surface area contributed by atoms with Crippen LogP contribution in [0.2, 0.25) is 5.15 Å². The molecule has 0 bridgehead atoms. The molecule has 0 aliphatic carbocycles. The molecule has 9 heteroatoms. The number of nitrogens with two attached hydrogens (primary N) is 1. The molecule has 0 amide bonds. The van der Waals surface area contributed by atoms with E-state index in [9.17, 15) is 4.39 Å². The monoisotopic (exact) mass is 413 g/mol. The average molecular weight is 414 g/mol. The molecule has 4 heterocycles. The molecule has 0 fully saturated rings. The first kappa shape index (κ1) is 19.1. The maximum absolute atomic E-state index is 13.9. The van der Waals surface area contributed by atoms with E-state index in [2.05, 4.69) is 20.4 Å². The lowest BCUT2D eigenvalue weighted by Gasteiger charge is -2.19. The number of allylic oxidation sites excluding steroid dienone is 2. The van der Waals surface area contributed by atoms with Crippen LogP contribution in [0.15, 0.2) is 65.1 Å². The Morgan fingerprint density at radius 3 is 2.97 bits per heavy atom. The molecule has 148 valence electrons. The van der Waals surface area contributed by atoms with Crippen LogP contribution in [0.4, 0.5) is 10.2 Å². The number of aromatic nitrogens is 3. The predicted molar refractivity (Wildman–Crippen MR) is 106 cm³/mol. The number of pyridine rings is 2. The highest BCUT2D eigenvalue weighted by Crippen LogP contribution is 2.25. The first-order chi connectivity index (χ1) is 14.1. The highest BCUT2D eigenvalue weighted by molar-refractivity contribution is 6.29. The summed E-state index contributed by atoms with van der Waals surface area (Å²) in [6, 6.07) is 6.98. The second-order valence-electron chi connectivity index (χ2n) is 6.35. The lowest BCUT2D eigenvalue weighted by molar-refractivity contribution is 0.0560. The third kappa shape index (κ3) is 4.44. The van der Waals surface area contributed by atoms with Gasteiger partial charge in [-0.15, -0.1) is 0 Å². The Labute approximate surface area is 171 Å². The summed E-state index contributed by atoms with van der Waals surface area (Å²) >= 11 is 5.68. The molecular formula is C20H17ClFN5O2. The molecule has 0 saturated heterocycles. The number of dihydropyridines is 1. The SMILES string of the molecule is Nc1ncccc1-c1cc(CC2=CNC(OCc3ccnc(Cl)c3F)C=C2)no1. The minimum atomic E-state index is -0.568. The van der Waals surface area contributed by atoms with Gasteiger partial charge in [-0.25, -0.2) is 14.4 Å². The van der Waals surface area contributed by atoms with Gasteiger partial charge in [0.1, 0.15) is 12.0 Å². The number of halogens is 2. The Morgan fingerprint density at radius 1 is 1.28 bits per heavy atom. The standard InChI is InChI=1S/C20H17ClFN5O2/c21-19-18(22)13(5-7-24-19)11-28-17-4-3-12(10-26-17)8-14-9-16(29-27-14)15-2-1-6-25-20(15)23/h1-7,9-10,17,26H,8,11H2,(H2,23,25). The van der Waals surface area contributed by atoms with Crippen molar-refractivity contribution in [3.63, 3.8) is 0 Å². The van der Waals surface area contributed by atoms with Crippen LogP contribution in [-0.4, -0.2) is 21.4 Å². The Hall–Kier alpha value is -3.23. The van der Waals surface area contributed by atoms with Gasteiger partial charge in [-0.1, -0.05) is 22.8 Å². The second kappa shape index (κ2) is 8.42. The number of hydrogen-bond acceptors (Lipinski definition) is 7. The highest BCUT2D eigenvalue weighted by atomic mass is 35.5. The number of nitrogens with zero attached hydrogens (tertiary/aromatic N) is 3. The lowest BCUT2D eigenvalue weighted by atomic mass is 10.1.